The normalized spacial score (nSPS) is 38.5. The molecule has 2 atom stereocenters. The summed E-state index contributed by atoms with van der Waals surface area (Å²) in [5.41, 5.74) is 0.337. The van der Waals surface area contributed by atoms with Crippen molar-refractivity contribution in [2.24, 2.45) is 11.8 Å². The van der Waals surface area contributed by atoms with E-state index in [-0.39, 0.29) is 11.2 Å². The van der Waals surface area contributed by atoms with Gasteiger partial charge in [0.2, 0.25) is 0 Å². The third-order valence-corrected chi connectivity index (χ3v) is 4.79. The maximum Gasteiger partial charge on any atom is 0.0680 e. The van der Waals surface area contributed by atoms with Crippen LogP contribution in [0.15, 0.2) is 0 Å². The second-order valence-corrected chi connectivity index (χ2v) is 8.01. The Morgan fingerprint density at radius 1 is 1.22 bits per heavy atom. The summed E-state index contributed by atoms with van der Waals surface area (Å²) in [5, 5.41) is 3.86. The molecule has 106 valence electrons. The zero-order valence-corrected chi connectivity index (χ0v) is 13.1. The first-order valence-corrected chi connectivity index (χ1v) is 7.62. The van der Waals surface area contributed by atoms with Gasteiger partial charge < -0.3 is 10.1 Å². The fraction of sp³-hybridized carbons (Fsp3) is 1.00. The van der Waals surface area contributed by atoms with Crippen LogP contribution in [0.4, 0.5) is 0 Å². The molecule has 0 aromatic heterocycles. The Kier molecular flexibility index (Phi) is 3.57. The van der Waals surface area contributed by atoms with E-state index in [2.05, 4.69) is 46.9 Å². The van der Waals surface area contributed by atoms with E-state index in [0.717, 1.165) is 5.92 Å². The summed E-state index contributed by atoms with van der Waals surface area (Å²) in [7, 11) is 0. The molecule has 0 aromatic carbocycles. The topological polar surface area (TPSA) is 21.3 Å². The molecule has 2 heterocycles. The lowest BCUT2D eigenvalue weighted by Gasteiger charge is -2.43. The van der Waals surface area contributed by atoms with Gasteiger partial charge in [-0.2, -0.15) is 0 Å². The summed E-state index contributed by atoms with van der Waals surface area (Å²) in [6, 6.07) is 0. The number of nitrogens with one attached hydrogen (secondary N) is 1. The SMILES string of the molecule is CC(C)CC1(C2CC(C)(C)OC2(C)C)CCCN1. The number of rotatable bonds is 3. The molecule has 0 saturated carbocycles. The van der Waals surface area contributed by atoms with Crippen molar-refractivity contribution in [2.75, 3.05) is 6.54 Å². The zero-order valence-electron chi connectivity index (χ0n) is 13.1. The Bertz CT molecular complexity index is 300. The largest absolute Gasteiger partial charge is 0.369 e. The van der Waals surface area contributed by atoms with Crippen LogP contribution < -0.4 is 5.32 Å². The fourth-order valence-corrected chi connectivity index (χ4v) is 4.60. The van der Waals surface area contributed by atoms with E-state index in [9.17, 15) is 0 Å². The standard InChI is InChI=1S/C16H31NO/c1-12(2)10-16(8-7-9-17-16)13-11-14(3,4)18-15(13,5)6/h12-13,17H,7-11H2,1-6H3. The molecule has 0 aromatic rings. The van der Waals surface area contributed by atoms with E-state index in [1.54, 1.807) is 0 Å². The molecule has 2 unspecified atom stereocenters. The summed E-state index contributed by atoms with van der Waals surface area (Å²) in [6.07, 6.45) is 5.10. The van der Waals surface area contributed by atoms with E-state index >= 15 is 0 Å². The Morgan fingerprint density at radius 2 is 1.89 bits per heavy atom. The molecule has 0 bridgehead atoms. The van der Waals surface area contributed by atoms with Crippen molar-refractivity contribution < 1.29 is 4.74 Å². The molecule has 2 aliphatic rings. The van der Waals surface area contributed by atoms with E-state index in [0.29, 0.717) is 11.5 Å². The van der Waals surface area contributed by atoms with Crippen LogP contribution in [0, 0.1) is 11.8 Å². The van der Waals surface area contributed by atoms with Gasteiger partial charge in [-0.3, -0.25) is 0 Å². The highest BCUT2D eigenvalue weighted by Crippen LogP contribution is 2.51. The van der Waals surface area contributed by atoms with Gasteiger partial charge in [0.15, 0.2) is 0 Å². The van der Waals surface area contributed by atoms with E-state index in [1.165, 1.54) is 32.2 Å². The van der Waals surface area contributed by atoms with Crippen molar-refractivity contribution >= 4 is 0 Å². The fourth-order valence-electron chi connectivity index (χ4n) is 4.60. The van der Waals surface area contributed by atoms with E-state index < -0.39 is 0 Å². The monoisotopic (exact) mass is 253 g/mol. The molecule has 2 aliphatic heterocycles. The number of ether oxygens (including phenoxy) is 1. The van der Waals surface area contributed by atoms with Gasteiger partial charge in [0.05, 0.1) is 11.2 Å². The van der Waals surface area contributed by atoms with Crippen LogP contribution in [0.5, 0.6) is 0 Å². The van der Waals surface area contributed by atoms with Crippen LogP contribution in [0.25, 0.3) is 0 Å². The number of hydrogen-bond acceptors (Lipinski definition) is 2. The molecule has 2 nitrogen and oxygen atoms in total. The molecule has 18 heavy (non-hydrogen) atoms. The summed E-state index contributed by atoms with van der Waals surface area (Å²) in [6.45, 7) is 14.9. The molecule has 2 saturated heterocycles. The highest BCUT2D eigenvalue weighted by Gasteiger charge is 2.55. The first kappa shape index (κ1) is 14.3. The molecule has 0 aliphatic carbocycles. The van der Waals surface area contributed by atoms with Gasteiger partial charge in [0.1, 0.15) is 0 Å². The molecule has 0 spiro atoms. The molecule has 0 amide bonds. The van der Waals surface area contributed by atoms with Crippen LogP contribution in [-0.4, -0.2) is 23.3 Å². The third-order valence-electron chi connectivity index (χ3n) is 4.79. The average Bonchev–Trinajstić information content (AvgIpc) is 2.68. The van der Waals surface area contributed by atoms with Gasteiger partial charge in [-0.05, 0) is 65.8 Å². The van der Waals surface area contributed by atoms with E-state index in [4.69, 9.17) is 4.74 Å². The smallest absolute Gasteiger partial charge is 0.0680 e. The quantitative estimate of drug-likeness (QED) is 0.827. The van der Waals surface area contributed by atoms with Crippen LogP contribution in [0.1, 0.15) is 67.2 Å². The minimum Gasteiger partial charge on any atom is -0.369 e. The molecular weight excluding hydrogens is 222 g/mol. The highest BCUT2D eigenvalue weighted by atomic mass is 16.5. The van der Waals surface area contributed by atoms with Gasteiger partial charge in [0, 0.05) is 11.5 Å². The molecular formula is C16H31NO. The van der Waals surface area contributed by atoms with Gasteiger partial charge in [0.25, 0.3) is 0 Å². The van der Waals surface area contributed by atoms with Crippen LogP contribution in [-0.2, 0) is 4.74 Å². The average molecular weight is 253 g/mol. The van der Waals surface area contributed by atoms with Crippen molar-refractivity contribution in [1.29, 1.82) is 0 Å². The molecule has 2 fully saturated rings. The Balaban J connectivity index is 2.26. The highest BCUT2D eigenvalue weighted by molar-refractivity contribution is 5.09. The van der Waals surface area contributed by atoms with Gasteiger partial charge >= 0.3 is 0 Å². The maximum absolute atomic E-state index is 6.33. The van der Waals surface area contributed by atoms with E-state index in [1.807, 2.05) is 0 Å². The Labute approximate surface area is 113 Å². The lowest BCUT2D eigenvalue weighted by molar-refractivity contribution is -0.0844. The van der Waals surface area contributed by atoms with Crippen molar-refractivity contribution in [3.8, 4) is 0 Å². The second-order valence-electron chi connectivity index (χ2n) is 8.01. The van der Waals surface area contributed by atoms with Crippen molar-refractivity contribution in [3.05, 3.63) is 0 Å². The predicted molar refractivity (Wildman–Crippen MR) is 76.8 cm³/mol. The Hall–Kier alpha value is -0.0800. The minimum absolute atomic E-state index is 0.00424. The third kappa shape index (κ3) is 2.60. The summed E-state index contributed by atoms with van der Waals surface area (Å²) in [4.78, 5) is 0. The molecule has 1 N–H and O–H groups in total. The number of hydrogen-bond donors (Lipinski definition) is 1. The summed E-state index contributed by atoms with van der Waals surface area (Å²) < 4.78 is 6.33. The summed E-state index contributed by atoms with van der Waals surface area (Å²) >= 11 is 0. The molecule has 0 radical (unpaired) electrons. The Morgan fingerprint density at radius 3 is 2.28 bits per heavy atom. The zero-order chi connectivity index (χ0) is 13.6. The first-order valence-electron chi connectivity index (χ1n) is 7.62. The lowest BCUT2D eigenvalue weighted by Crippen LogP contribution is -2.53. The van der Waals surface area contributed by atoms with Crippen molar-refractivity contribution in [1.82, 2.24) is 5.32 Å². The van der Waals surface area contributed by atoms with Crippen molar-refractivity contribution in [2.45, 2.75) is 84.0 Å². The maximum atomic E-state index is 6.33. The summed E-state index contributed by atoms with van der Waals surface area (Å²) in [5.74, 6) is 1.38. The van der Waals surface area contributed by atoms with Crippen molar-refractivity contribution in [3.63, 3.8) is 0 Å². The van der Waals surface area contributed by atoms with Crippen LogP contribution in [0.2, 0.25) is 0 Å². The molecule has 2 rings (SSSR count). The first-order chi connectivity index (χ1) is 8.17. The van der Waals surface area contributed by atoms with Crippen LogP contribution in [0.3, 0.4) is 0 Å². The minimum atomic E-state index is -0.00424. The van der Waals surface area contributed by atoms with Gasteiger partial charge in [-0.1, -0.05) is 13.8 Å². The molecule has 2 heteroatoms. The van der Waals surface area contributed by atoms with Gasteiger partial charge in [-0.25, -0.2) is 0 Å². The lowest BCUT2D eigenvalue weighted by atomic mass is 9.68. The van der Waals surface area contributed by atoms with Gasteiger partial charge in [-0.15, -0.1) is 0 Å². The van der Waals surface area contributed by atoms with Crippen LogP contribution >= 0.6 is 0 Å². The predicted octanol–water partition coefficient (Wildman–Crippen LogP) is 3.75. The second kappa shape index (κ2) is 4.49.